The molecule has 0 bridgehead atoms. The lowest BCUT2D eigenvalue weighted by molar-refractivity contribution is 0.166. The van der Waals surface area contributed by atoms with Crippen molar-refractivity contribution in [1.82, 2.24) is 15.0 Å². The summed E-state index contributed by atoms with van der Waals surface area (Å²) in [5, 5.41) is 4.28. The molecule has 1 aliphatic rings. The van der Waals surface area contributed by atoms with E-state index in [0.717, 1.165) is 31.1 Å². The predicted molar refractivity (Wildman–Crippen MR) is 86.9 cm³/mol. The van der Waals surface area contributed by atoms with Gasteiger partial charge in [0.15, 0.2) is 5.82 Å². The molecule has 4 nitrogen and oxygen atoms in total. The van der Waals surface area contributed by atoms with E-state index in [9.17, 15) is 0 Å². The van der Waals surface area contributed by atoms with Gasteiger partial charge in [-0.05, 0) is 52.8 Å². The van der Waals surface area contributed by atoms with Crippen molar-refractivity contribution < 1.29 is 4.52 Å². The molecule has 4 heteroatoms. The van der Waals surface area contributed by atoms with Crippen LogP contribution in [0.1, 0.15) is 56.8 Å². The molecule has 1 aliphatic heterocycles. The lowest BCUT2D eigenvalue weighted by atomic mass is 9.84. The summed E-state index contributed by atoms with van der Waals surface area (Å²) in [4.78, 5) is 7.14. The average Bonchev–Trinajstić information content (AvgIpc) is 3.01. The summed E-state index contributed by atoms with van der Waals surface area (Å²) in [6, 6.07) is 10.9. The van der Waals surface area contributed by atoms with Crippen molar-refractivity contribution in [2.24, 2.45) is 0 Å². The van der Waals surface area contributed by atoms with Gasteiger partial charge in [-0.2, -0.15) is 4.98 Å². The van der Waals surface area contributed by atoms with E-state index >= 15 is 0 Å². The summed E-state index contributed by atoms with van der Waals surface area (Å²) < 4.78 is 5.62. The molecule has 0 radical (unpaired) electrons. The maximum absolute atomic E-state index is 5.62. The molecule has 1 aromatic carbocycles. The molecule has 1 saturated heterocycles. The van der Waals surface area contributed by atoms with Gasteiger partial charge in [-0.1, -0.05) is 35.5 Å². The second-order valence-electron chi connectivity index (χ2n) is 7.00. The number of likely N-dealkylation sites (tertiary alicyclic amines) is 1. The maximum Gasteiger partial charge on any atom is 0.229 e. The third-order valence-electron chi connectivity index (χ3n) is 5.05. The maximum atomic E-state index is 5.62. The summed E-state index contributed by atoms with van der Waals surface area (Å²) in [6.07, 6.45) is 2.18. The van der Waals surface area contributed by atoms with E-state index in [1.165, 1.54) is 5.56 Å². The standard InChI is InChI=1S/C18H25N3O/c1-13-12-14(10-11-21(13)4)16-19-17(20-22-16)18(2,3)15-8-6-5-7-9-15/h5-9,13-14H,10-12H2,1-4H3/t13-,14-/m0/s1. The molecule has 0 unspecified atom stereocenters. The molecule has 0 aliphatic carbocycles. The van der Waals surface area contributed by atoms with Crippen LogP contribution in [0, 0.1) is 0 Å². The number of hydrogen-bond acceptors (Lipinski definition) is 4. The second kappa shape index (κ2) is 5.84. The van der Waals surface area contributed by atoms with Gasteiger partial charge in [0.25, 0.3) is 0 Å². The Bertz CT molecular complexity index is 620. The molecule has 1 aromatic heterocycles. The molecule has 3 rings (SSSR count). The first-order valence-corrected chi connectivity index (χ1v) is 8.08. The van der Waals surface area contributed by atoms with Crippen LogP contribution in [0.4, 0.5) is 0 Å². The van der Waals surface area contributed by atoms with Crippen molar-refractivity contribution in [2.45, 2.75) is 51.0 Å². The summed E-state index contributed by atoms with van der Waals surface area (Å²) in [5.41, 5.74) is 0.971. The van der Waals surface area contributed by atoms with E-state index in [1.807, 2.05) is 6.07 Å². The third-order valence-corrected chi connectivity index (χ3v) is 5.05. The fourth-order valence-electron chi connectivity index (χ4n) is 3.15. The predicted octanol–water partition coefficient (Wildman–Crippen LogP) is 3.59. The minimum Gasteiger partial charge on any atom is -0.339 e. The third kappa shape index (κ3) is 2.80. The number of hydrogen-bond donors (Lipinski definition) is 0. The van der Waals surface area contributed by atoms with Crippen molar-refractivity contribution in [3.63, 3.8) is 0 Å². The molecular formula is C18H25N3O. The topological polar surface area (TPSA) is 42.2 Å². The Hall–Kier alpha value is -1.68. The van der Waals surface area contributed by atoms with E-state index in [0.29, 0.717) is 12.0 Å². The largest absolute Gasteiger partial charge is 0.339 e. The van der Waals surface area contributed by atoms with Crippen LogP contribution in [0.25, 0.3) is 0 Å². The minimum atomic E-state index is -0.236. The number of piperidine rings is 1. The van der Waals surface area contributed by atoms with Gasteiger partial charge < -0.3 is 9.42 Å². The van der Waals surface area contributed by atoms with Crippen LogP contribution in [0.2, 0.25) is 0 Å². The van der Waals surface area contributed by atoms with Gasteiger partial charge in [0.1, 0.15) is 0 Å². The Labute approximate surface area is 132 Å². The molecule has 0 saturated carbocycles. The van der Waals surface area contributed by atoms with E-state index < -0.39 is 0 Å². The molecule has 2 atom stereocenters. The Kier molecular flexibility index (Phi) is 4.04. The van der Waals surface area contributed by atoms with Gasteiger partial charge in [-0.25, -0.2) is 0 Å². The highest BCUT2D eigenvalue weighted by Gasteiger charge is 2.32. The monoisotopic (exact) mass is 299 g/mol. The van der Waals surface area contributed by atoms with Crippen LogP contribution >= 0.6 is 0 Å². The fourth-order valence-corrected chi connectivity index (χ4v) is 3.15. The zero-order chi connectivity index (χ0) is 15.7. The zero-order valence-corrected chi connectivity index (χ0v) is 13.9. The van der Waals surface area contributed by atoms with Crippen molar-refractivity contribution >= 4 is 0 Å². The number of nitrogens with zero attached hydrogens (tertiary/aromatic N) is 3. The zero-order valence-electron chi connectivity index (χ0n) is 13.9. The van der Waals surface area contributed by atoms with Crippen LogP contribution in [0.5, 0.6) is 0 Å². The lowest BCUT2D eigenvalue weighted by Gasteiger charge is -2.33. The van der Waals surface area contributed by atoms with Crippen LogP contribution in [-0.2, 0) is 5.41 Å². The van der Waals surface area contributed by atoms with E-state index in [-0.39, 0.29) is 5.41 Å². The highest BCUT2D eigenvalue weighted by Crippen LogP contribution is 2.33. The van der Waals surface area contributed by atoms with Gasteiger partial charge in [0, 0.05) is 12.0 Å². The lowest BCUT2D eigenvalue weighted by Crippen LogP contribution is -2.37. The first-order valence-electron chi connectivity index (χ1n) is 8.08. The summed E-state index contributed by atoms with van der Waals surface area (Å²) >= 11 is 0. The van der Waals surface area contributed by atoms with Crippen molar-refractivity contribution in [1.29, 1.82) is 0 Å². The van der Waals surface area contributed by atoms with Crippen LogP contribution in [-0.4, -0.2) is 34.7 Å². The second-order valence-corrected chi connectivity index (χ2v) is 7.00. The summed E-state index contributed by atoms with van der Waals surface area (Å²) in [7, 11) is 2.18. The minimum absolute atomic E-state index is 0.236. The number of rotatable bonds is 3. The van der Waals surface area contributed by atoms with E-state index in [4.69, 9.17) is 9.51 Å². The van der Waals surface area contributed by atoms with Crippen molar-refractivity contribution in [3.05, 3.63) is 47.6 Å². The Morgan fingerprint density at radius 3 is 2.64 bits per heavy atom. The molecular weight excluding hydrogens is 274 g/mol. The highest BCUT2D eigenvalue weighted by atomic mass is 16.5. The van der Waals surface area contributed by atoms with Crippen molar-refractivity contribution in [2.75, 3.05) is 13.6 Å². The van der Waals surface area contributed by atoms with Gasteiger partial charge in [-0.15, -0.1) is 0 Å². The molecule has 22 heavy (non-hydrogen) atoms. The van der Waals surface area contributed by atoms with Gasteiger partial charge in [0.2, 0.25) is 5.89 Å². The summed E-state index contributed by atoms with van der Waals surface area (Å²) in [6.45, 7) is 7.64. The fraction of sp³-hybridized carbons (Fsp3) is 0.556. The molecule has 0 N–H and O–H groups in total. The first kappa shape index (κ1) is 15.2. The first-order chi connectivity index (χ1) is 10.5. The highest BCUT2D eigenvalue weighted by molar-refractivity contribution is 5.30. The molecule has 2 heterocycles. The van der Waals surface area contributed by atoms with E-state index in [1.54, 1.807) is 0 Å². The number of aromatic nitrogens is 2. The van der Waals surface area contributed by atoms with Crippen LogP contribution in [0.15, 0.2) is 34.9 Å². The van der Waals surface area contributed by atoms with Crippen LogP contribution < -0.4 is 0 Å². The normalized spacial score (nSPS) is 23.6. The average molecular weight is 299 g/mol. The SMILES string of the molecule is C[C@H]1C[C@@H](c2nc(C(C)(C)c3ccccc3)no2)CCN1C. The van der Waals surface area contributed by atoms with Crippen LogP contribution in [0.3, 0.4) is 0 Å². The van der Waals surface area contributed by atoms with E-state index in [2.05, 4.69) is 62.1 Å². The Morgan fingerprint density at radius 2 is 1.95 bits per heavy atom. The molecule has 0 spiro atoms. The van der Waals surface area contributed by atoms with Gasteiger partial charge >= 0.3 is 0 Å². The Balaban J connectivity index is 1.82. The smallest absolute Gasteiger partial charge is 0.229 e. The van der Waals surface area contributed by atoms with Gasteiger partial charge in [0.05, 0.1) is 5.41 Å². The summed E-state index contributed by atoms with van der Waals surface area (Å²) in [5.74, 6) is 1.97. The molecule has 1 fully saturated rings. The Morgan fingerprint density at radius 1 is 1.23 bits per heavy atom. The molecule has 2 aromatic rings. The van der Waals surface area contributed by atoms with Crippen molar-refractivity contribution in [3.8, 4) is 0 Å². The quantitative estimate of drug-likeness (QED) is 0.868. The van der Waals surface area contributed by atoms with Gasteiger partial charge in [-0.3, -0.25) is 0 Å². The molecule has 118 valence electrons. The molecule has 0 amide bonds. The number of benzene rings is 1.